The number of aromatic nitrogens is 2. The van der Waals surface area contributed by atoms with Gasteiger partial charge in [0.05, 0.1) is 24.0 Å². The number of anilines is 2. The number of halogens is 1. The van der Waals surface area contributed by atoms with Crippen molar-refractivity contribution in [1.29, 1.82) is 0 Å². The average molecular weight is 215 g/mol. The van der Waals surface area contributed by atoms with Crippen molar-refractivity contribution in [2.24, 2.45) is 0 Å². The van der Waals surface area contributed by atoms with Crippen molar-refractivity contribution in [3.05, 3.63) is 11.5 Å². The molecule has 0 saturated heterocycles. The van der Waals surface area contributed by atoms with Gasteiger partial charge in [-0.1, -0.05) is 0 Å². The highest BCUT2D eigenvalue weighted by atomic mass is 35.5. The maximum Gasteiger partial charge on any atom is 0.224 e. The van der Waals surface area contributed by atoms with Crippen molar-refractivity contribution in [3.8, 4) is 0 Å². The van der Waals surface area contributed by atoms with Crippen LogP contribution >= 0.6 is 11.6 Å². The first-order valence-corrected chi connectivity index (χ1v) is 4.70. The minimum atomic E-state index is -0.244. The number of rotatable bonds is 3. The second-order valence-electron chi connectivity index (χ2n) is 3.51. The Morgan fingerprint density at radius 1 is 1.64 bits per heavy atom. The molecule has 1 saturated carbocycles. The second-order valence-corrected chi connectivity index (χ2v) is 3.84. The van der Waals surface area contributed by atoms with Crippen LogP contribution in [-0.2, 0) is 0 Å². The van der Waals surface area contributed by atoms with Gasteiger partial charge in [0.1, 0.15) is 0 Å². The number of nitrogen functional groups attached to an aromatic ring is 1. The van der Waals surface area contributed by atoms with E-state index in [9.17, 15) is 0 Å². The van der Waals surface area contributed by atoms with E-state index in [1.807, 2.05) is 0 Å². The van der Waals surface area contributed by atoms with Crippen LogP contribution in [0.3, 0.4) is 0 Å². The van der Waals surface area contributed by atoms with E-state index in [0.717, 1.165) is 12.8 Å². The van der Waals surface area contributed by atoms with Crippen LogP contribution in [0.1, 0.15) is 12.8 Å². The van der Waals surface area contributed by atoms with E-state index in [-0.39, 0.29) is 17.4 Å². The van der Waals surface area contributed by atoms with Crippen molar-refractivity contribution in [3.63, 3.8) is 0 Å². The quantitative estimate of drug-likeness (QED) is 0.644. The molecule has 0 unspecified atom stereocenters. The number of nitrogens with one attached hydrogen (secondary N) is 1. The van der Waals surface area contributed by atoms with Gasteiger partial charge in [-0.15, -0.1) is 0 Å². The third-order valence-electron chi connectivity index (χ3n) is 2.33. The van der Waals surface area contributed by atoms with E-state index in [0.29, 0.717) is 11.5 Å². The Hall–Kier alpha value is -1.07. The largest absolute Gasteiger partial charge is 0.394 e. The third-order valence-corrected chi connectivity index (χ3v) is 2.51. The zero-order valence-electron chi connectivity index (χ0n) is 7.50. The molecule has 4 N–H and O–H groups in total. The number of aliphatic hydroxyl groups excluding tert-OH is 1. The van der Waals surface area contributed by atoms with Crippen LogP contribution in [-0.4, -0.2) is 27.2 Å². The van der Waals surface area contributed by atoms with Crippen LogP contribution < -0.4 is 11.1 Å². The van der Waals surface area contributed by atoms with Crippen LogP contribution in [0.2, 0.25) is 5.28 Å². The minimum absolute atomic E-state index is 0.0774. The van der Waals surface area contributed by atoms with Crippen LogP contribution in [0.25, 0.3) is 0 Å². The van der Waals surface area contributed by atoms with Gasteiger partial charge in [-0.3, -0.25) is 0 Å². The molecule has 1 aromatic rings. The molecule has 1 fully saturated rings. The van der Waals surface area contributed by atoms with Gasteiger partial charge in [0.25, 0.3) is 0 Å². The summed E-state index contributed by atoms with van der Waals surface area (Å²) in [7, 11) is 0. The molecule has 5 nitrogen and oxygen atoms in total. The molecular weight excluding hydrogens is 204 g/mol. The first-order valence-electron chi connectivity index (χ1n) is 4.32. The van der Waals surface area contributed by atoms with Gasteiger partial charge in [0.15, 0.2) is 5.82 Å². The molecule has 1 aromatic heterocycles. The molecule has 6 heteroatoms. The Labute approximate surface area is 86.3 Å². The summed E-state index contributed by atoms with van der Waals surface area (Å²) >= 11 is 5.63. The van der Waals surface area contributed by atoms with Gasteiger partial charge in [-0.05, 0) is 24.4 Å². The highest BCUT2D eigenvalue weighted by molar-refractivity contribution is 6.28. The maximum atomic E-state index is 9.10. The van der Waals surface area contributed by atoms with E-state index in [2.05, 4.69) is 15.3 Å². The zero-order valence-corrected chi connectivity index (χ0v) is 8.25. The summed E-state index contributed by atoms with van der Waals surface area (Å²) in [6, 6.07) is 0. The fourth-order valence-corrected chi connectivity index (χ4v) is 1.33. The summed E-state index contributed by atoms with van der Waals surface area (Å²) in [5, 5.41) is 12.3. The number of hydrogen-bond acceptors (Lipinski definition) is 5. The van der Waals surface area contributed by atoms with Gasteiger partial charge in [-0.2, -0.15) is 4.98 Å². The molecule has 14 heavy (non-hydrogen) atoms. The summed E-state index contributed by atoms with van der Waals surface area (Å²) in [6.07, 6.45) is 3.29. The lowest BCUT2D eigenvalue weighted by molar-refractivity contribution is 0.266. The van der Waals surface area contributed by atoms with E-state index in [4.69, 9.17) is 22.4 Å². The lowest BCUT2D eigenvalue weighted by Crippen LogP contribution is -2.26. The van der Waals surface area contributed by atoms with Crippen LogP contribution in [0.15, 0.2) is 6.20 Å². The molecule has 0 radical (unpaired) electrons. The lowest BCUT2D eigenvalue weighted by Gasteiger charge is -2.15. The summed E-state index contributed by atoms with van der Waals surface area (Å²) in [6.45, 7) is 0.0774. The first kappa shape index (κ1) is 9.48. The van der Waals surface area contributed by atoms with Crippen molar-refractivity contribution in [2.45, 2.75) is 18.4 Å². The highest BCUT2D eigenvalue weighted by Gasteiger charge is 2.42. The Kier molecular flexibility index (Phi) is 2.20. The highest BCUT2D eigenvalue weighted by Crippen LogP contribution is 2.38. The van der Waals surface area contributed by atoms with Crippen molar-refractivity contribution in [2.75, 3.05) is 17.7 Å². The number of aliphatic hydroxyl groups is 1. The fraction of sp³-hybridized carbons (Fsp3) is 0.500. The van der Waals surface area contributed by atoms with Crippen molar-refractivity contribution in [1.82, 2.24) is 9.97 Å². The van der Waals surface area contributed by atoms with Gasteiger partial charge in [0.2, 0.25) is 5.28 Å². The molecule has 0 atom stereocenters. The van der Waals surface area contributed by atoms with Crippen LogP contribution in [0.5, 0.6) is 0 Å². The topological polar surface area (TPSA) is 84.1 Å². The van der Waals surface area contributed by atoms with Crippen LogP contribution in [0, 0.1) is 0 Å². The van der Waals surface area contributed by atoms with Gasteiger partial charge < -0.3 is 16.2 Å². The summed E-state index contributed by atoms with van der Waals surface area (Å²) in [4.78, 5) is 7.70. The van der Waals surface area contributed by atoms with Gasteiger partial charge in [-0.25, -0.2) is 4.98 Å². The summed E-state index contributed by atoms with van der Waals surface area (Å²) in [5.74, 6) is 0.497. The monoisotopic (exact) mass is 214 g/mol. The van der Waals surface area contributed by atoms with E-state index < -0.39 is 0 Å². The average Bonchev–Trinajstić information content (AvgIpc) is 2.92. The first-order chi connectivity index (χ1) is 6.65. The Morgan fingerprint density at radius 3 is 2.93 bits per heavy atom. The van der Waals surface area contributed by atoms with Gasteiger partial charge >= 0.3 is 0 Å². The van der Waals surface area contributed by atoms with E-state index in [1.54, 1.807) is 0 Å². The Bertz CT molecular complexity index is 353. The molecule has 0 aromatic carbocycles. The second kappa shape index (κ2) is 3.25. The predicted octanol–water partition coefficient (Wildman–Crippen LogP) is 0.649. The molecule has 0 spiro atoms. The summed E-state index contributed by atoms with van der Waals surface area (Å²) in [5.41, 5.74) is 5.85. The normalized spacial score (nSPS) is 17.9. The molecular formula is C8H11ClN4O. The Balaban J connectivity index is 2.20. The lowest BCUT2D eigenvalue weighted by atomic mass is 10.3. The number of hydrogen-bond donors (Lipinski definition) is 3. The zero-order chi connectivity index (χ0) is 10.2. The van der Waals surface area contributed by atoms with Gasteiger partial charge in [0, 0.05) is 0 Å². The standard InChI is InChI=1S/C8H11ClN4O/c9-7-11-3-5(10)6(12-7)13-8(4-14)1-2-8/h3,14H,1-2,4,10H2,(H,11,12,13). The van der Waals surface area contributed by atoms with Crippen molar-refractivity contribution >= 4 is 23.1 Å². The Morgan fingerprint density at radius 2 is 2.36 bits per heavy atom. The smallest absolute Gasteiger partial charge is 0.224 e. The molecule has 0 bridgehead atoms. The molecule has 1 heterocycles. The van der Waals surface area contributed by atoms with Crippen molar-refractivity contribution < 1.29 is 5.11 Å². The third kappa shape index (κ3) is 1.73. The minimum Gasteiger partial charge on any atom is -0.394 e. The molecule has 0 amide bonds. The molecule has 2 rings (SSSR count). The molecule has 1 aliphatic carbocycles. The molecule has 76 valence electrons. The molecule has 0 aliphatic heterocycles. The fourth-order valence-electron chi connectivity index (χ4n) is 1.19. The van der Waals surface area contributed by atoms with Crippen LogP contribution in [0.4, 0.5) is 11.5 Å². The molecule has 1 aliphatic rings. The summed E-state index contributed by atoms with van der Waals surface area (Å²) < 4.78 is 0. The number of nitrogens with two attached hydrogens (primary N) is 1. The SMILES string of the molecule is Nc1cnc(Cl)nc1NC1(CO)CC1. The van der Waals surface area contributed by atoms with E-state index >= 15 is 0 Å². The maximum absolute atomic E-state index is 9.10. The predicted molar refractivity (Wildman–Crippen MR) is 54.1 cm³/mol. The number of nitrogens with zero attached hydrogens (tertiary/aromatic N) is 2. The van der Waals surface area contributed by atoms with E-state index in [1.165, 1.54) is 6.20 Å².